The predicted molar refractivity (Wildman–Crippen MR) is 90.5 cm³/mol. The second kappa shape index (κ2) is 7.05. The monoisotopic (exact) mass is 311 g/mol. The molecule has 23 heavy (non-hydrogen) atoms. The van der Waals surface area contributed by atoms with Gasteiger partial charge in [-0.1, -0.05) is 18.2 Å². The van der Waals surface area contributed by atoms with E-state index < -0.39 is 0 Å². The molecule has 1 aromatic heterocycles. The van der Waals surface area contributed by atoms with E-state index in [0.29, 0.717) is 5.56 Å². The van der Waals surface area contributed by atoms with Crippen molar-refractivity contribution in [2.24, 2.45) is 0 Å². The Morgan fingerprint density at radius 2 is 1.74 bits per heavy atom. The second-order valence-electron chi connectivity index (χ2n) is 5.66. The summed E-state index contributed by atoms with van der Waals surface area (Å²) < 4.78 is 0. The van der Waals surface area contributed by atoms with Crippen molar-refractivity contribution in [1.29, 1.82) is 0 Å². The molecule has 2 aromatic rings. The number of para-hydroxylation sites is 1. The van der Waals surface area contributed by atoms with E-state index in [2.05, 4.69) is 10.3 Å². The van der Waals surface area contributed by atoms with Crippen LogP contribution in [0.5, 0.6) is 0 Å². The SMILES string of the molecule is Cc1ccc(C(=O)N(C)CC(=O)Nc2c(C)cccc2C)cn1. The Balaban J connectivity index is 2.02. The highest BCUT2D eigenvalue weighted by molar-refractivity contribution is 5.99. The number of amides is 2. The van der Waals surface area contributed by atoms with Gasteiger partial charge in [0.25, 0.3) is 5.91 Å². The van der Waals surface area contributed by atoms with Crippen LogP contribution in [0, 0.1) is 20.8 Å². The number of nitrogens with one attached hydrogen (secondary N) is 1. The lowest BCUT2D eigenvalue weighted by molar-refractivity contribution is -0.116. The molecule has 5 heteroatoms. The standard InChI is InChI=1S/C18H21N3O2/c1-12-6-5-7-13(2)17(12)20-16(22)11-21(4)18(23)15-9-8-14(3)19-10-15/h5-10H,11H2,1-4H3,(H,20,22). The lowest BCUT2D eigenvalue weighted by Crippen LogP contribution is -2.35. The molecule has 0 unspecified atom stereocenters. The Morgan fingerprint density at radius 3 is 2.30 bits per heavy atom. The predicted octanol–water partition coefficient (Wildman–Crippen LogP) is 2.72. The van der Waals surface area contributed by atoms with Crippen LogP contribution in [-0.2, 0) is 4.79 Å². The first kappa shape index (κ1) is 16.7. The molecule has 1 aromatic carbocycles. The molecule has 0 aliphatic carbocycles. The van der Waals surface area contributed by atoms with Gasteiger partial charge in [0.05, 0.1) is 12.1 Å². The summed E-state index contributed by atoms with van der Waals surface area (Å²) in [6.07, 6.45) is 1.53. The minimum Gasteiger partial charge on any atom is -0.332 e. The van der Waals surface area contributed by atoms with Crippen LogP contribution >= 0.6 is 0 Å². The summed E-state index contributed by atoms with van der Waals surface area (Å²) in [6, 6.07) is 9.31. The Labute approximate surface area is 136 Å². The average Bonchev–Trinajstić information content (AvgIpc) is 2.51. The van der Waals surface area contributed by atoms with Gasteiger partial charge < -0.3 is 10.2 Å². The number of pyridine rings is 1. The van der Waals surface area contributed by atoms with Crippen LogP contribution in [0.15, 0.2) is 36.5 Å². The topological polar surface area (TPSA) is 62.3 Å². The highest BCUT2D eigenvalue weighted by Gasteiger charge is 2.16. The largest absolute Gasteiger partial charge is 0.332 e. The minimum absolute atomic E-state index is 0.0134. The molecular formula is C18H21N3O2. The van der Waals surface area contributed by atoms with Gasteiger partial charge in [0.1, 0.15) is 0 Å². The summed E-state index contributed by atoms with van der Waals surface area (Å²) in [5.74, 6) is -0.451. The molecule has 1 N–H and O–H groups in total. The van der Waals surface area contributed by atoms with E-state index in [1.54, 1.807) is 19.2 Å². The fraction of sp³-hybridized carbons (Fsp3) is 0.278. The van der Waals surface area contributed by atoms with Gasteiger partial charge in [0, 0.05) is 24.6 Å². The maximum Gasteiger partial charge on any atom is 0.255 e. The van der Waals surface area contributed by atoms with Gasteiger partial charge in [-0.3, -0.25) is 14.6 Å². The maximum atomic E-state index is 12.3. The molecule has 2 rings (SSSR count). The zero-order chi connectivity index (χ0) is 17.0. The molecular weight excluding hydrogens is 290 g/mol. The van der Waals surface area contributed by atoms with Crippen LogP contribution in [0.1, 0.15) is 27.2 Å². The van der Waals surface area contributed by atoms with Crippen molar-refractivity contribution in [2.75, 3.05) is 18.9 Å². The summed E-state index contributed by atoms with van der Waals surface area (Å²) in [5.41, 5.74) is 4.11. The van der Waals surface area contributed by atoms with Crippen LogP contribution in [0.25, 0.3) is 0 Å². The fourth-order valence-electron chi connectivity index (χ4n) is 2.29. The Morgan fingerprint density at radius 1 is 1.09 bits per heavy atom. The number of aryl methyl sites for hydroxylation is 3. The number of hydrogen-bond donors (Lipinski definition) is 1. The van der Waals surface area contributed by atoms with Crippen molar-refractivity contribution in [2.45, 2.75) is 20.8 Å². The zero-order valence-corrected chi connectivity index (χ0v) is 13.9. The smallest absolute Gasteiger partial charge is 0.255 e. The lowest BCUT2D eigenvalue weighted by atomic mass is 10.1. The summed E-state index contributed by atoms with van der Waals surface area (Å²) in [5, 5.41) is 2.88. The van der Waals surface area contributed by atoms with E-state index >= 15 is 0 Å². The Kier molecular flexibility index (Phi) is 5.11. The van der Waals surface area contributed by atoms with Crippen molar-refractivity contribution in [3.63, 3.8) is 0 Å². The first-order chi connectivity index (χ1) is 10.9. The molecule has 0 atom stereocenters. The third kappa shape index (κ3) is 4.16. The summed E-state index contributed by atoms with van der Waals surface area (Å²) in [4.78, 5) is 30.0. The van der Waals surface area contributed by atoms with Gasteiger partial charge in [-0.15, -0.1) is 0 Å². The van der Waals surface area contributed by atoms with E-state index in [-0.39, 0.29) is 18.4 Å². The van der Waals surface area contributed by atoms with Gasteiger partial charge in [0.15, 0.2) is 0 Å². The molecule has 0 bridgehead atoms. The highest BCUT2D eigenvalue weighted by atomic mass is 16.2. The number of rotatable bonds is 4. The zero-order valence-electron chi connectivity index (χ0n) is 13.9. The van der Waals surface area contributed by atoms with Crippen molar-refractivity contribution in [3.05, 3.63) is 58.9 Å². The third-order valence-corrected chi connectivity index (χ3v) is 3.63. The lowest BCUT2D eigenvalue weighted by Gasteiger charge is -2.18. The number of likely N-dealkylation sites (N-methyl/N-ethyl adjacent to an activating group) is 1. The average molecular weight is 311 g/mol. The van der Waals surface area contributed by atoms with E-state index in [9.17, 15) is 9.59 Å². The van der Waals surface area contributed by atoms with Crippen LogP contribution in [0.4, 0.5) is 5.69 Å². The van der Waals surface area contributed by atoms with Gasteiger partial charge in [-0.25, -0.2) is 0 Å². The van der Waals surface area contributed by atoms with Crippen molar-refractivity contribution in [3.8, 4) is 0 Å². The Hall–Kier alpha value is -2.69. The van der Waals surface area contributed by atoms with E-state index in [1.165, 1.54) is 11.1 Å². The van der Waals surface area contributed by atoms with E-state index in [0.717, 1.165) is 22.5 Å². The normalized spacial score (nSPS) is 10.3. The van der Waals surface area contributed by atoms with Crippen LogP contribution < -0.4 is 5.32 Å². The molecule has 0 spiro atoms. The number of aromatic nitrogens is 1. The molecule has 1 heterocycles. The van der Waals surface area contributed by atoms with Crippen LogP contribution in [0.2, 0.25) is 0 Å². The molecule has 0 saturated carbocycles. The van der Waals surface area contributed by atoms with Gasteiger partial charge >= 0.3 is 0 Å². The molecule has 2 amide bonds. The van der Waals surface area contributed by atoms with E-state index in [1.807, 2.05) is 39.0 Å². The number of anilines is 1. The van der Waals surface area contributed by atoms with Crippen LogP contribution in [-0.4, -0.2) is 35.3 Å². The molecule has 0 aliphatic heterocycles. The molecule has 0 fully saturated rings. The van der Waals surface area contributed by atoms with Crippen molar-refractivity contribution in [1.82, 2.24) is 9.88 Å². The third-order valence-electron chi connectivity index (χ3n) is 3.63. The van der Waals surface area contributed by atoms with Gasteiger partial charge in [-0.05, 0) is 44.0 Å². The number of nitrogens with zero attached hydrogens (tertiary/aromatic N) is 2. The van der Waals surface area contributed by atoms with Crippen LogP contribution in [0.3, 0.4) is 0 Å². The number of benzene rings is 1. The highest BCUT2D eigenvalue weighted by Crippen LogP contribution is 2.19. The van der Waals surface area contributed by atoms with E-state index in [4.69, 9.17) is 0 Å². The number of hydrogen-bond acceptors (Lipinski definition) is 3. The second-order valence-corrected chi connectivity index (χ2v) is 5.66. The maximum absolute atomic E-state index is 12.3. The minimum atomic E-state index is -0.228. The first-order valence-electron chi connectivity index (χ1n) is 7.42. The van der Waals surface area contributed by atoms with Gasteiger partial charge in [0.2, 0.25) is 5.91 Å². The fourth-order valence-corrected chi connectivity index (χ4v) is 2.29. The Bertz CT molecular complexity index is 703. The number of carbonyl (C=O) groups is 2. The number of carbonyl (C=O) groups excluding carboxylic acids is 2. The first-order valence-corrected chi connectivity index (χ1v) is 7.42. The summed E-state index contributed by atoms with van der Waals surface area (Å²) >= 11 is 0. The molecule has 0 radical (unpaired) electrons. The quantitative estimate of drug-likeness (QED) is 0.944. The van der Waals surface area contributed by atoms with Crippen molar-refractivity contribution >= 4 is 17.5 Å². The molecule has 120 valence electrons. The molecule has 0 saturated heterocycles. The summed E-state index contributed by atoms with van der Waals surface area (Å²) in [6.45, 7) is 5.72. The molecule has 5 nitrogen and oxygen atoms in total. The van der Waals surface area contributed by atoms with Gasteiger partial charge in [-0.2, -0.15) is 0 Å². The molecule has 0 aliphatic rings. The summed E-state index contributed by atoms with van der Waals surface area (Å²) in [7, 11) is 1.60. The van der Waals surface area contributed by atoms with Crippen molar-refractivity contribution < 1.29 is 9.59 Å².